The van der Waals surface area contributed by atoms with Crippen LogP contribution in [0.2, 0.25) is 0 Å². The number of piperidine rings is 1. The Morgan fingerprint density at radius 1 is 1.35 bits per heavy atom. The Morgan fingerprint density at radius 2 is 2.00 bits per heavy atom. The normalized spacial score (nSPS) is 17.6. The molecule has 1 aliphatic heterocycles. The van der Waals surface area contributed by atoms with Crippen LogP contribution in [0.1, 0.15) is 34.3 Å². The van der Waals surface area contributed by atoms with Crippen LogP contribution in [0.15, 0.2) is 18.2 Å². The molecule has 0 atom stereocenters. The first-order chi connectivity index (χ1) is 9.53. The van der Waals surface area contributed by atoms with Crippen molar-refractivity contribution in [3.8, 4) is 6.07 Å². The van der Waals surface area contributed by atoms with Crippen LogP contribution in [-0.2, 0) is 0 Å². The van der Waals surface area contributed by atoms with E-state index in [2.05, 4.69) is 6.07 Å². The Hall–Kier alpha value is -1.47. The second-order valence-corrected chi connectivity index (χ2v) is 6.54. The Kier molecular flexibility index (Phi) is 4.39. The molecule has 0 radical (unpaired) electrons. The fourth-order valence-electron chi connectivity index (χ4n) is 2.59. The van der Waals surface area contributed by atoms with Crippen LogP contribution in [0, 0.1) is 25.2 Å². The predicted octanol–water partition coefficient (Wildman–Crippen LogP) is 3.16. The maximum atomic E-state index is 12.6. The molecule has 1 saturated heterocycles. The highest BCUT2D eigenvalue weighted by molar-refractivity contribution is 8.00. The van der Waals surface area contributed by atoms with Gasteiger partial charge in [-0.1, -0.05) is 12.1 Å². The Morgan fingerprint density at radius 3 is 2.55 bits per heavy atom. The molecule has 1 aromatic rings. The van der Waals surface area contributed by atoms with Crippen LogP contribution >= 0.6 is 11.8 Å². The van der Waals surface area contributed by atoms with E-state index in [0.29, 0.717) is 13.1 Å². The van der Waals surface area contributed by atoms with E-state index in [-0.39, 0.29) is 10.7 Å². The number of likely N-dealkylation sites (tertiary alicyclic amines) is 1. The third-order valence-electron chi connectivity index (χ3n) is 4.29. The molecule has 0 aromatic heterocycles. The first kappa shape index (κ1) is 14.9. The maximum absolute atomic E-state index is 12.6. The van der Waals surface area contributed by atoms with Crippen molar-refractivity contribution in [1.82, 2.24) is 4.90 Å². The first-order valence-corrected chi connectivity index (χ1v) is 8.07. The van der Waals surface area contributed by atoms with Crippen molar-refractivity contribution in [2.24, 2.45) is 0 Å². The van der Waals surface area contributed by atoms with Gasteiger partial charge in [0.25, 0.3) is 5.91 Å². The fraction of sp³-hybridized carbons (Fsp3) is 0.500. The average Bonchev–Trinajstić information content (AvgIpc) is 2.49. The van der Waals surface area contributed by atoms with Crippen molar-refractivity contribution >= 4 is 17.7 Å². The molecule has 1 aromatic carbocycles. The Balaban J connectivity index is 2.13. The summed E-state index contributed by atoms with van der Waals surface area (Å²) in [5.74, 6) is 0.0962. The standard InChI is InChI=1S/C16H20N2OS/c1-12-5-4-6-14(13(12)2)15(19)18-9-7-16(11-17,20-3)8-10-18/h4-6H,7-10H2,1-3H3. The molecule has 0 saturated carbocycles. The lowest BCUT2D eigenvalue weighted by Gasteiger charge is -2.36. The molecule has 1 fully saturated rings. The fourth-order valence-corrected chi connectivity index (χ4v) is 3.27. The van der Waals surface area contributed by atoms with Gasteiger partial charge in [-0.05, 0) is 50.1 Å². The van der Waals surface area contributed by atoms with E-state index in [4.69, 9.17) is 0 Å². The number of aryl methyl sites for hydroxylation is 1. The zero-order chi connectivity index (χ0) is 14.8. The summed E-state index contributed by atoms with van der Waals surface area (Å²) in [6, 6.07) is 8.26. The summed E-state index contributed by atoms with van der Waals surface area (Å²) in [7, 11) is 0. The summed E-state index contributed by atoms with van der Waals surface area (Å²) in [5, 5.41) is 9.29. The number of carbonyl (C=O) groups is 1. The number of hydrogen-bond acceptors (Lipinski definition) is 3. The third-order valence-corrected chi connectivity index (χ3v) is 5.57. The van der Waals surface area contributed by atoms with Crippen molar-refractivity contribution in [1.29, 1.82) is 5.26 Å². The van der Waals surface area contributed by atoms with Gasteiger partial charge < -0.3 is 4.90 Å². The second kappa shape index (κ2) is 5.88. The molecule has 1 heterocycles. The van der Waals surface area contributed by atoms with Gasteiger partial charge in [0.05, 0.1) is 6.07 Å². The summed E-state index contributed by atoms with van der Waals surface area (Å²) < 4.78 is -0.307. The number of thioether (sulfide) groups is 1. The number of nitrogens with zero attached hydrogens (tertiary/aromatic N) is 2. The second-order valence-electron chi connectivity index (χ2n) is 5.35. The van der Waals surface area contributed by atoms with Crippen molar-refractivity contribution in [3.05, 3.63) is 34.9 Å². The van der Waals surface area contributed by atoms with E-state index >= 15 is 0 Å². The average molecular weight is 288 g/mol. The highest BCUT2D eigenvalue weighted by atomic mass is 32.2. The highest BCUT2D eigenvalue weighted by Crippen LogP contribution is 2.34. The zero-order valence-electron chi connectivity index (χ0n) is 12.3. The summed E-state index contributed by atoms with van der Waals surface area (Å²) in [6.07, 6.45) is 3.48. The lowest BCUT2D eigenvalue weighted by molar-refractivity contribution is 0.0715. The molecule has 0 aliphatic carbocycles. The van der Waals surface area contributed by atoms with Gasteiger partial charge in [0.1, 0.15) is 4.75 Å². The van der Waals surface area contributed by atoms with Gasteiger partial charge in [-0.15, -0.1) is 11.8 Å². The van der Waals surface area contributed by atoms with Crippen molar-refractivity contribution in [3.63, 3.8) is 0 Å². The van der Waals surface area contributed by atoms with Gasteiger partial charge in [0.2, 0.25) is 0 Å². The van der Waals surface area contributed by atoms with Crippen molar-refractivity contribution in [2.45, 2.75) is 31.4 Å². The molecule has 0 bridgehead atoms. The van der Waals surface area contributed by atoms with Crippen molar-refractivity contribution < 1.29 is 4.79 Å². The predicted molar refractivity (Wildman–Crippen MR) is 82.9 cm³/mol. The van der Waals surface area contributed by atoms with E-state index in [9.17, 15) is 10.1 Å². The molecule has 2 rings (SSSR count). The number of nitriles is 1. The quantitative estimate of drug-likeness (QED) is 0.839. The van der Waals surface area contributed by atoms with Gasteiger partial charge in [-0.3, -0.25) is 4.79 Å². The molecule has 106 valence electrons. The number of carbonyl (C=O) groups excluding carboxylic acids is 1. The van der Waals surface area contributed by atoms with Gasteiger partial charge in [-0.2, -0.15) is 5.26 Å². The maximum Gasteiger partial charge on any atom is 0.254 e. The van der Waals surface area contributed by atoms with E-state index < -0.39 is 0 Å². The van der Waals surface area contributed by atoms with E-state index in [1.807, 2.05) is 43.2 Å². The topological polar surface area (TPSA) is 44.1 Å². The van der Waals surface area contributed by atoms with Crippen LogP contribution in [0.3, 0.4) is 0 Å². The number of rotatable bonds is 2. The van der Waals surface area contributed by atoms with E-state index in [1.165, 1.54) is 0 Å². The molecule has 1 aliphatic rings. The van der Waals surface area contributed by atoms with Gasteiger partial charge in [-0.25, -0.2) is 0 Å². The molecular formula is C16H20N2OS. The summed E-state index contributed by atoms with van der Waals surface area (Å²) in [4.78, 5) is 14.5. The third kappa shape index (κ3) is 2.69. The summed E-state index contributed by atoms with van der Waals surface area (Å²) in [6.45, 7) is 5.35. The molecule has 0 N–H and O–H groups in total. The highest BCUT2D eigenvalue weighted by Gasteiger charge is 2.35. The molecular weight excluding hydrogens is 268 g/mol. The zero-order valence-corrected chi connectivity index (χ0v) is 13.1. The number of amides is 1. The van der Waals surface area contributed by atoms with Crippen molar-refractivity contribution in [2.75, 3.05) is 19.3 Å². The lowest BCUT2D eigenvalue weighted by atomic mass is 9.95. The summed E-state index contributed by atoms with van der Waals surface area (Å²) in [5.41, 5.74) is 2.99. The number of benzene rings is 1. The Bertz CT molecular complexity index is 554. The SMILES string of the molecule is CSC1(C#N)CCN(C(=O)c2cccc(C)c2C)CC1. The smallest absolute Gasteiger partial charge is 0.254 e. The lowest BCUT2D eigenvalue weighted by Crippen LogP contribution is -2.44. The molecule has 3 nitrogen and oxygen atoms in total. The van der Waals surface area contributed by atoms with Crippen LogP contribution in [-0.4, -0.2) is 34.9 Å². The van der Waals surface area contributed by atoms with E-state index in [0.717, 1.165) is 29.5 Å². The first-order valence-electron chi connectivity index (χ1n) is 6.85. The minimum Gasteiger partial charge on any atom is -0.338 e. The molecule has 0 unspecified atom stereocenters. The van der Waals surface area contributed by atoms with Crippen LogP contribution in [0.4, 0.5) is 0 Å². The molecule has 0 spiro atoms. The molecule has 4 heteroatoms. The van der Waals surface area contributed by atoms with Crippen LogP contribution < -0.4 is 0 Å². The largest absolute Gasteiger partial charge is 0.338 e. The van der Waals surface area contributed by atoms with Crippen LogP contribution in [0.25, 0.3) is 0 Å². The van der Waals surface area contributed by atoms with Gasteiger partial charge >= 0.3 is 0 Å². The number of hydrogen-bond donors (Lipinski definition) is 0. The van der Waals surface area contributed by atoms with Crippen LogP contribution in [0.5, 0.6) is 0 Å². The molecule has 20 heavy (non-hydrogen) atoms. The minimum absolute atomic E-state index is 0.0962. The van der Waals surface area contributed by atoms with Gasteiger partial charge in [0.15, 0.2) is 0 Å². The summed E-state index contributed by atoms with van der Waals surface area (Å²) >= 11 is 1.61. The van der Waals surface area contributed by atoms with Gasteiger partial charge in [0, 0.05) is 18.7 Å². The molecule has 1 amide bonds. The minimum atomic E-state index is -0.307. The monoisotopic (exact) mass is 288 g/mol. The Labute approximate surface area is 125 Å². The van der Waals surface area contributed by atoms with E-state index in [1.54, 1.807) is 11.8 Å².